The number of amides is 1. The molecule has 2 N–H and O–H groups in total. The van der Waals surface area contributed by atoms with E-state index in [9.17, 15) is 4.79 Å². The van der Waals surface area contributed by atoms with Gasteiger partial charge >= 0.3 is 6.09 Å². The minimum Gasteiger partial charge on any atom is -0.444 e. The van der Waals surface area contributed by atoms with Crippen molar-refractivity contribution in [2.45, 2.75) is 84.4 Å². The SMILES string of the molecule is CCOCC(C)NC(CNC(=O)OC(C)(C)C)C1CCCCC1. The van der Waals surface area contributed by atoms with E-state index in [4.69, 9.17) is 9.47 Å². The fourth-order valence-corrected chi connectivity index (χ4v) is 3.11. The Bertz CT molecular complexity index is 336. The maximum absolute atomic E-state index is 11.9. The summed E-state index contributed by atoms with van der Waals surface area (Å²) in [4.78, 5) is 11.9. The molecule has 1 amide bonds. The van der Waals surface area contributed by atoms with Crippen LogP contribution in [0.3, 0.4) is 0 Å². The normalized spacial score (nSPS) is 19.2. The molecule has 1 saturated carbocycles. The van der Waals surface area contributed by atoms with Crippen LogP contribution < -0.4 is 10.6 Å². The van der Waals surface area contributed by atoms with E-state index in [-0.39, 0.29) is 18.2 Å². The van der Waals surface area contributed by atoms with Gasteiger partial charge in [0.05, 0.1) is 6.61 Å². The molecule has 1 aliphatic rings. The third-order valence-electron chi connectivity index (χ3n) is 4.15. The van der Waals surface area contributed by atoms with Gasteiger partial charge in [-0.2, -0.15) is 0 Å². The highest BCUT2D eigenvalue weighted by Gasteiger charge is 2.26. The summed E-state index contributed by atoms with van der Waals surface area (Å²) in [5.74, 6) is 0.614. The zero-order valence-electron chi connectivity index (χ0n) is 15.6. The quantitative estimate of drug-likeness (QED) is 0.716. The van der Waals surface area contributed by atoms with Crippen LogP contribution in [0.5, 0.6) is 0 Å². The van der Waals surface area contributed by atoms with Crippen LogP contribution in [0.1, 0.15) is 66.7 Å². The fraction of sp³-hybridized carbons (Fsp3) is 0.944. The minimum absolute atomic E-state index is 0.276. The van der Waals surface area contributed by atoms with Crippen LogP contribution in [-0.2, 0) is 9.47 Å². The number of alkyl carbamates (subject to hydrolysis) is 1. The molecule has 2 unspecified atom stereocenters. The average Bonchev–Trinajstić information content (AvgIpc) is 2.48. The molecule has 0 spiro atoms. The summed E-state index contributed by atoms with van der Waals surface area (Å²) in [7, 11) is 0. The first-order chi connectivity index (χ1) is 10.8. The van der Waals surface area contributed by atoms with Crippen LogP contribution in [-0.4, -0.2) is 43.5 Å². The number of rotatable bonds is 8. The van der Waals surface area contributed by atoms with Crippen LogP contribution in [0, 0.1) is 5.92 Å². The summed E-state index contributed by atoms with van der Waals surface area (Å²) < 4.78 is 10.8. The summed E-state index contributed by atoms with van der Waals surface area (Å²) in [5, 5.41) is 6.58. The van der Waals surface area contributed by atoms with Gasteiger partial charge < -0.3 is 20.1 Å². The van der Waals surface area contributed by atoms with Crippen molar-refractivity contribution in [2.75, 3.05) is 19.8 Å². The van der Waals surface area contributed by atoms with E-state index in [0.717, 1.165) is 6.61 Å². The molecule has 1 aliphatic carbocycles. The van der Waals surface area contributed by atoms with Gasteiger partial charge in [-0.3, -0.25) is 0 Å². The van der Waals surface area contributed by atoms with Crippen molar-refractivity contribution in [3.05, 3.63) is 0 Å². The second-order valence-corrected chi connectivity index (χ2v) is 7.61. The van der Waals surface area contributed by atoms with Gasteiger partial charge in [0.1, 0.15) is 5.60 Å². The largest absolute Gasteiger partial charge is 0.444 e. The zero-order chi connectivity index (χ0) is 17.3. The Kier molecular flexibility index (Phi) is 8.92. The first kappa shape index (κ1) is 20.2. The van der Waals surface area contributed by atoms with E-state index < -0.39 is 5.60 Å². The molecule has 0 aromatic rings. The van der Waals surface area contributed by atoms with Crippen LogP contribution in [0.15, 0.2) is 0 Å². The second-order valence-electron chi connectivity index (χ2n) is 7.61. The van der Waals surface area contributed by atoms with Crippen molar-refractivity contribution in [3.8, 4) is 0 Å². The van der Waals surface area contributed by atoms with Gasteiger partial charge in [0, 0.05) is 25.2 Å². The van der Waals surface area contributed by atoms with Crippen molar-refractivity contribution < 1.29 is 14.3 Å². The van der Waals surface area contributed by atoms with Crippen molar-refractivity contribution in [2.24, 2.45) is 5.92 Å². The molecule has 0 saturated heterocycles. The lowest BCUT2D eigenvalue weighted by molar-refractivity contribution is 0.0511. The molecule has 1 rings (SSSR count). The van der Waals surface area contributed by atoms with Crippen LogP contribution in [0.4, 0.5) is 4.79 Å². The summed E-state index contributed by atoms with van der Waals surface area (Å²) in [6, 6.07) is 0.556. The maximum Gasteiger partial charge on any atom is 0.407 e. The Morgan fingerprint density at radius 1 is 1.22 bits per heavy atom. The van der Waals surface area contributed by atoms with Crippen molar-refractivity contribution >= 4 is 6.09 Å². The van der Waals surface area contributed by atoms with Gasteiger partial charge in [-0.05, 0) is 53.4 Å². The first-order valence-electron chi connectivity index (χ1n) is 9.12. The second kappa shape index (κ2) is 10.1. The van der Waals surface area contributed by atoms with E-state index >= 15 is 0 Å². The fourth-order valence-electron chi connectivity index (χ4n) is 3.11. The molecule has 0 bridgehead atoms. The maximum atomic E-state index is 11.9. The van der Waals surface area contributed by atoms with E-state index in [1.807, 2.05) is 27.7 Å². The summed E-state index contributed by atoms with van der Waals surface area (Å²) in [6.07, 6.45) is 6.03. The van der Waals surface area contributed by atoms with Crippen molar-refractivity contribution in [1.82, 2.24) is 10.6 Å². The van der Waals surface area contributed by atoms with E-state index in [1.165, 1.54) is 32.1 Å². The molecule has 0 aromatic carbocycles. The Morgan fingerprint density at radius 3 is 2.43 bits per heavy atom. The van der Waals surface area contributed by atoms with Gasteiger partial charge in [0.25, 0.3) is 0 Å². The topological polar surface area (TPSA) is 59.6 Å². The van der Waals surface area contributed by atoms with Gasteiger partial charge in [-0.25, -0.2) is 4.79 Å². The molecule has 5 heteroatoms. The Morgan fingerprint density at radius 2 is 1.87 bits per heavy atom. The Hall–Kier alpha value is -0.810. The molecule has 23 heavy (non-hydrogen) atoms. The molecule has 0 radical (unpaired) electrons. The van der Waals surface area contributed by atoms with Crippen molar-refractivity contribution in [1.29, 1.82) is 0 Å². The molecular weight excluding hydrogens is 292 g/mol. The van der Waals surface area contributed by atoms with E-state index in [0.29, 0.717) is 19.1 Å². The predicted octanol–water partition coefficient (Wildman–Crippen LogP) is 3.47. The monoisotopic (exact) mass is 328 g/mol. The number of hydrogen-bond donors (Lipinski definition) is 2. The highest BCUT2D eigenvalue weighted by molar-refractivity contribution is 5.67. The molecule has 2 atom stereocenters. The highest BCUT2D eigenvalue weighted by Crippen LogP contribution is 2.26. The standard InChI is InChI=1S/C18H36N2O3/c1-6-22-13-14(2)20-16(15-10-8-7-9-11-15)12-19-17(21)23-18(3,4)5/h14-16,20H,6-13H2,1-5H3,(H,19,21). The summed E-state index contributed by atoms with van der Waals surface area (Å²) >= 11 is 0. The number of carbonyl (C=O) groups is 1. The number of carbonyl (C=O) groups excluding carboxylic acids is 1. The first-order valence-corrected chi connectivity index (χ1v) is 9.12. The molecule has 5 nitrogen and oxygen atoms in total. The molecule has 136 valence electrons. The summed E-state index contributed by atoms with van der Waals surface area (Å²) in [5.41, 5.74) is -0.458. The minimum atomic E-state index is -0.458. The smallest absolute Gasteiger partial charge is 0.407 e. The van der Waals surface area contributed by atoms with Gasteiger partial charge in [0.15, 0.2) is 0 Å². The number of hydrogen-bond acceptors (Lipinski definition) is 4. The lowest BCUT2D eigenvalue weighted by Crippen LogP contribution is -2.50. The van der Waals surface area contributed by atoms with Gasteiger partial charge in [-0.1, -0.05) is 19.3 Å². The van der Waals surface area contributed by atoms with Gasteiger partial charge in [-0.15, -0.1) is 0 Å². The Labute approximate surface area is 141 Å². The van der Waals surface area contributed by atoms with Crippen LogP contribution in [0.2, 0.25) is 0 Å². The van der Waals surface area contributed by atoms with Gasteiger partial charge in [0.2, 0.25) is 0 Å². The zero-order valence-corrected chi connectivity index (χ0v) is 15.6. The molecule has 1 fully saturated rings. The number of nitrogens with one attached hydrogen (secondary N) is 2. The third kappa shape index (κ3) is 9.16. The highest BCUT2D eigenvalue weighted by atomic mass is 16.6. The predicted molar refractivity (Wildman–Crippen MR) is 93.7 cm³/mol. The van der Waals surface area contributed by atoms with Crippen LogP contribution >= 0.6 is 0 Å². The van der Waals surface area contributed by atoms with E-state index in [2.05, 4.69) is 17.6 Å². The van der Waals surface area contributed by atoms with E-state index in [1.54, 1.807) is 0 Å². The molecular formula is C18H36N2O3. The average molecular weight is 328 g/mol. The molecule has 0 aromatic heterocycles. The molecule has 0 aliphatic heterocycles. The van der Waals surface area contributed by atoms with Crippen LogP contribution in [0.25, 0.3) is 0 Å². The lowest BCUT2D eigenvalue weighted by atomic mass is 9.83. The van der Waals surface area contributed by atoms with Crippen molar-refractivity contribution in [3.63, 3.8) is 0 Å². The summed E-state index contributed by atoms with van der Waals surface area (Å²) in [6.45, 7) is 11.8. The third-order valence-corrected chi connectivity index (χ3v) is 4.15. The Balaban J connectivity index is 2.51. The lowest BCUT2D eigenvalue weighted by Gasteiger charge is -2.33. The number of ether oxygens (including phenoxy) is 2. The molecule has 0 heterocycles.